The van der Waals surface area contributed by atoms with Crippen LogP contribution in [0.1, 0.15) is 13.3 Å². The molecule has 3 heterocycles. The van der Waals surface area contributed by atoms with E-state index in [0.29, 0.717) is 31.1 Å². The fourth-order valence-electron chi connectivity index (χ4n) is 2.51. The van der Waals surface area contributed by atoms with Crippen LogP contribution < -0.4 is 10.0 Å². The zero-order valence-electron chi connectivity index (χ0n) is 12.0. The van der Waals surface area contributed by atoms with Crippen LogP contribution in [0.3, 0.4) is 0 Å². The minimum atomic E-state index is -3.72. The molecule has 0 saturated carbocycles. The summed E-state index contributed by atoms with van der Waals surface area (Å²) < 4.78 is 35.2. The lowest BCUT2D eigenvalue weighted by Gasteiger charge is -2.23. The van der Waals surface area contributed by atoms with Gasteiger partial charge in [-0.1, -0.05) is 6.07 Å². The Kier molecular flexibility index (Phi) is 3.39. The third kappa shape index (κ3) is 2.50. The van der Waals surface area contributed by atoms with E-state index in [1.54, 1.807) is 29.8 Å². The van der Waals surface area contributed by atoms with Crippen molar-refractivity contribution in [3.63, 3.8) is 0 Å². The van der Waals surface area contributed by atoms with E-state index in [1.807, 2.05) is 13.0 Å². The van der Waals surface area contributed by atoms with Crippen LogP contribution in [0, 0.1) is 0 Å². The van der Waals surface area contributed by atoms with E-state index in [1.165, 1.54) is 0 Å². The van der Waals surface area contributed by atoms with Gasteiger partial charge in [0.1, 0.15) is 5.65 Å². The second-order valence-electron chi connectivity index (χ2n) is 5.41. The SMILES string of the molecule is CNc1nc2ccccn2c1S(=O)(=O)NC1(C)CCOC1. The molecule has 0 aromatic carbocycles. The first-order chi connectivity index (χ1) is 9.95. The first-order valence-electron chi connectivity index (χ1n) is 6.72. The highest BCUT2D eigenvalue weighted by molar-refractivity contribution is 7.89. The number of sulfonamides is 1. The molecule has 0 amide bonds. The van der Waals surface area contributed by atoms with Crippen molar-refractivity contribution in [2.45, 2.75) is 23.9 Å². The van der Waals surface area contributed by atoms with Gasteiger partial charge in [0.2, 0.25) is 0 Å². The number of nitrogens with zero attached hydrogens (tertiary/aromatic N) is 2. The first kappa shape index (κ1) is 14.3. The molecule has 1 saturated heterocycles. The third-order valence-corrected chi connectivity index (χ3v) is 5.24. The number of rotatable bonds is 4. The van der Waals surface area contributed by atoms with Crippen LogP contribution in [-0.2, 0) is 14.8 Å². The van der Waals surface area contributed by atoms with Crippen molar-refractivity contribution < 1.29 is 13.2 Å². The standard InChI is InChI=1S/C13H18N4O3S/c1-13(6-8-20-9-13)16-21(18,19)12-11(14-2)15-10-5-3-4-7-17(10)12/h3-5,7,14,16H,6,8-9H2,1-2H3. The number of hydrogen-bond donors (Lipinski definition) is 2. The Balaban J connectivity index is 2.10. The van der Waals surface area contributed by atoms with Gasteiger partial charge in [-0.2, -0.15) is 0 Å². The first-order valence-corrected chi connectivity index (χ1v) is 8.20. The predicted octanol–water partition coefficient (Wildman–Crippen LogP) is 0.833. The molecular weight excluding hydrogens is 292 g/mol. The lowest BCUT2D eigenvalue weighted by atomic mass is 10.0. The monoisotopic (exact) mass is 310 g/mol. The summed E-state index contributed by atoms with van der Waals surface area (Å²) in [6.07, 6.45) is 2.34. The lowest BCUT2D eigenvalue weighted by molar-refractivity contribution is 0.178. The number of anilines is 1. The Labute approximate surface area is 123 Å². The van der Waals surface area contributed by atoms with Crippen molar-refractivity contribution >= 4 is 21.5 Å². The van der Waals surface area contributed by atoms with Crippen LogP contribution in [0.15, 0.2) is 29.4 Å². The number of ether oxygens (including phenoxy) is 1. The van der Waals surface area contributed by atoms with Crippen molar-refractivity contribution in [2.75, 3.05) is 25.6 Å². The summed E-state index contributed by atoms with van der Waals surface area (Å²) in [5, 5.41) is 2.97. The molecule has 1 aliphatic heterocycles. The number of fused-ring (bicyclic) bond motifs is 1. The van der Waals surface area contributed by atoms with Crippen LogP contribution in [0.25, 0.3) is 5.65 Å². The Hall–Kier alpha value is -1.64. The molecule has 114 valence electrons. The molecule has 2 aromatic heterocycles. The Morgan fingerprint density at radius 3 is 2.90 bits per heavy atom. The van der Waals surface area contributed by atoms with Crippen LogP contribution in [0.2, 0.25) is 0 Å². The maximum atomic E-state index is 12.8. The summed E-state index contributed by atoms with van der Waals surface area (Å²) in [6, 6.07) is 5.35. The Morgan fingerprint density at radius 2 is 2.24 bits per heavy atom. The highest BCUT2D eigenvalue weighted by atomic mass is 32.2. The third-order valence-electron chi connectivity index (χ3n) is 3.58. The molecule has 2 N–H and O–H groups in total. The largest absolute Gasteiger partial charge is 0.379 e. The number of nitrogens with one attached hydrogen (secondary N) is 2. The zero-order valence-corrected chi connectivity index (χ0v) is 12.8. The zero-order chi connectivity index (χ0) is 15.1. The highest BCUT2D eigenvalue weighted by Gasteiger charge is 2.37. The summed E-state index contributed by atoms with van der Waals surface area (Å²) in [5.41, 5.74) is -0.00183. The second-order valence-corrected chi connectivity index (χ2v) is 7.01. The molecule has 8 heteroatoms. The molecule has 1 atom stereocenters. The Bertz CT molecular complexity index is 763. The van der Waals surface area contributed by atoms with Crippen molar-refractivity contribution in [3.05, 3.63) is 24.4 Å². The van der Waals surface area contributed by atoms with Crippen molar-refractivity contribution in [1.29, 1.82) is 0 Å². The quantitative estimate of drug-likeness (QED) is 0.874. The van der Waals surface area contributed by atoms with E-state index in [0.717, 1.165) is 0 Å². The van der Waals surface area contributed by atoms with Crippen LogP contribution in [0.5, 0.6) is 0 Å². The molecule has 21 heavy (non-hydrogen) atoms. The molecule has 3 rings (SSSR count). The van der Waals surface area contributed by atoms with Crippen LogP contribution in [-0.4, -0.2) is 43.6 Å². The van der Waals surface area contributed by atoms with Gasteiger partial charge in [0.15, 0.2) is 10.8 Å². The average molecular weight is 310 g/mol. The number of aromatic nitrogens is 2. The summed E-state index contributed by atoms with van der Waals surface area (Å²) in [7, 11) is -2.07. The van der Waals surface area contributed by atoms with Gasteiger partial charge in [-0.15, -0.1) is 0 Å². The second kappa shape index (κ2) is 4.97. The van der Waals surface area contributed by atoms with E-state index in [-0.39, 0.29) is 5.03 Å². The van der Waals surface area contributed by atoms with Gasteiger partial charge in [0, 0.05) is 19.9 Å². The van der Waals surface area contributed by atoms with Crippen molar-refractivity contribution in [2.24, 2.45) is 0 Å². The van der Waals surface area contributed by atoms with Crippen molar-refractivity contribution in [1.82, 2.24) is 14.1 Å². The summed E-state index contributed by atoms with van der Waals surface area (Å²) in [5.74, 6) is 0.330. The van der Waals surface area contributed by atoms with E-state index < -0.39 is 15.6 Å². The van der Waals surface area contributed by atoms with E-state index in [4.69, 9.17) is 4.74 Å². The van der Waals surface area contributed by atoms with Crippen LogP contribution >= 0.6 is 0 Å². The molecule has 0 bridgehead atoms. The number of hydrogen-bond acceptors (Lipinski definition) is 5. The van der Waals surface area contributed by atoms with Gasteiger partial charge in [0.05, 0.1) is 12.1 Å². The summed E-state index contributed by atoms with van der Waals surface area (Å²) in [6.45, 7) is 2.78. The minimum absolute atomic E-state index is 0.119. The van der Waals surface area contributed by atoms with E-state index in [9.17, 15) is 8.42 Å². The van der Waals surface area contributed by atoms with Gasteiger partial charge >= 0.3 is 0 Å². The topological polar surface area (TPSA) is 84.7 Å². The minimum Gasteiger partial charge on any atom is -0.379 e. The molecular formula is C13H18N4O3S. The normalized spacial score (nSPS) is 22.8. The smallest absolute Gasteiger partial charge is 0.260 e. The average Bonchev–Trinajstić information content (AvgIpc) is 3.01. The maximum absolute atomic E-state index is 12.8. The lowest BCUT2D eigenvalue weighted by Crippen LogP contribution is -2.46. The van der Waals surface area contributed by atoms with Gasteiger partial charge in [-0.05, 0) is 25.5 Å². The Morgan fingerprint density at radius 1 is 1.43 bits per heavy atom. The van der Waals surface area contributed by atoms with Crippen molar-refractivity contribution in [3.8, 4) is 0 Å². The number of pyridine rings is 1. The molecule has 1 unspecified atom stereocenters. The fraction of sp³-hybridized carbons (Fsp3) is 0.462. The van der Waals surface area contributed by atoms with Gasteiger partial charge in [0.25, 0.3) is 10.0 Å². The molecule has 1 aliphatic rings. The molecule has 2 aromatic rings. The molecule has 0 aliphatic carbocycles. The van der Waals surface area contributed by atoms with Crippen LogP contribution in [0.4, 0.5) is 5.82 Å². The van der Waals surface area contributed by atoms with Gasteiger partial charge in [-0.25, -0.2) is 18.1 Å². The highest BCUT2D eigenvalue weighted by Crippen LogP contribution is 2.26. The van der Waals surface area contributed by atoms with E-state index >= 15 is 0 Å². The van der Waals surface area contributed by atoms with Gasteiger partial charge in [-0.3, -0.25) is 4.40 Å². The molecule has 1 fully saturated rings. The summed E-state index contributed by atoms with van der Waals surface area (Å²) in [4.78, 5) is 4.30. The summed E-state index contributed by atoms with van der Waals surface area (Å²) >= 11 is 0. The van der Waals surface area contributed by atoms with Gasteiger partial charge < -0.3 is 10.1 Å². The predicted molar refractivity (Wildman–Crippen MR) is 78.9 cm³/mol. The number of imidazole rings is 1. The molecule has 7 nitrogen and oxygen atoms in total. The fourth-order valence-corrected chi connectivity index (χ4v) is 4.24. The maximum Gasteiger partial charge on any atom is 0.260 e. The van der Waals surface area contributed by atoms with E-state index in [2.05, 4.69) is 15.0 Å². The molecule has 0 radical (unpaired) electrons. The molecule has 0 spiro atoms.